The van der Waals surface area contributed by atoms with Crippen LogP contribution in [0.2, 0.25) is 5.02 Å². The quantitative estimate of drug-likeness (QED) is 0.834. The molecule has 1 aromatic rings. The van der Waals surface area contributed by atoms with Crippen LogP contribution in [0.1, 0.15) is 24.8 Å². The van der Waals surface area contributed by atoms with Crippen molar-refractivity contribution in [2.24, 2.45) is 5.92 Å². The maximum Gasteiger partial charge on any atom is 0.211 e. The number of Topliss-reactive ketones (excluding diaryl/α,β-unsaturated/α-hetero) is 1. The number of carbonyl (C=O) groups excluding carboxylic acids is 1. The standard InChI is InChI=1S/C15H20ClNO3S/c1-21(19,20)17-8-4-5-12(11-17)9-14(18)10-13-6-2-3-7-15(13)16/h2-3,6-7,12H,4-5,8-11H2,1H3. The van der Waals surface area contributed by atoms with Crippen molar-refractivity contribution in [2.75, 3.05) is 19.3 Å². The Kier molecular flexibility index (Phi) is 5.41. The molecule has 1 fully saturated rings. The molecule has 1 unspecified atom stereocenters. The van der Waals surface area contributed by atoms with Gasteiger partial charge in [-0.15, -0.1) is 0 Å². The molecule has 4 nitrogen and oxygen atoms in total. The van der Waals surface area contributed by atoms with E-state index in [1.165, 1.54) is 10.6 Å². The van der Waals surface area contributed by atoms with E-state index in [-0.39, 0.29) is 11.7 Å². The molecule has 0 bridgehead atoms. The van der Waals surface area contributed by atoms with Crippen LogP contribution < -0.4 is 0 Å². The van der Waals surface area contributed by atoms with Crippen LogP contribution in [-0.4, -0.2) is 37.9 Å². The summed E-state index contributed by atoms with van der Waals surface area (Å²) >= 11 is 6.05. The van der Waals surface area contributed by atoms with Crippen molar-refractivity contribution >= 4 is 27.4 Å². The van der Waals surface area contributed by atoms with Gasteiger partial charge in [-0.05, 0) is 30.4 Å². The molecule has 1 saturated heterocycles. The fourth-order valence-electron chi connectivity index (χ4n) is 2.74. The highest BCUT2D eigenvalue weighted by molar-refractivity contribution is 7.88. The van der Waals surface area contributed by atoms with E-state index >= 15 is 0 Å². The maximum atomic E-state index is 12.2. The highest BCUT2D eigenvalue weighted by atomic mass is 35.5. The second kappa shape index (κ2) is 6.90. The van der Waals surface area contributed by atoms with E-state index < -0.39 is 10.0 Å². The summed E-state index contributed by atoms with van der Waals surface area (Å²) in [4.78, 5) is 12.2. The normalized spacial score (nSPS) is 20.4. The molecule has 1 aliphatic rings. The summed E-state index contributed by atoms with van der Waals surface area (Å²) in [5.74, 6) is 0.229. The van der Waals surface area contributed by atoms with E-state index in [0.717, 1.165) is 18.4 Å². The topological polar surface area (TPSA) is 54.5 Å². The Morgan fingerprint density at radius 2 is 2.10 bits per heavy atom. The zero-order chi connectivity index (χ0) is 15.5. The lowest BCUT2D eigenvalue weighted by molar-refractivity contribution is -0.119. The van der Waals surface area contributed by atoms with Gasteiger partial charge >= 0.3 is 0 Å². The lowest BCUT2D eigenvalue weighted by atomic mass is 9.92. The van der Waals surface area contributed by atoms with Gasteiger partial charge in [0.25, 0.3) is 0 Å². The van der Waals surface area contributed by atoms with Crippen LogP contribution >= 0.6 is 11.6 Å². The lowest BCUT2D eigenvalue weighted by Gasteiger charge is -2.30. The number of nitrogens with zero attached hydrogens (tertiary/aromatic N) is 1. The molecule has 1 aromatic carbocycles. The number of piperidine rings is 1. The molecule has 1 aliphatic heterocycles. The monoisotopic (exact) mass is 329 g/mol. The number of rotatable bonds is 5. The third kappa shape index (κ3) is 4.80. The molecule has 21 heavy (non-hydrogen) atoms. The third-order valence-electron chi connectivity index (χ3n) is 3.81. The van der Waals surface area contributed by atoms with E-state index in [2.05, 4.69) is 0 Å². The number of hydrogen-bond acceptors (Lipinski definition) is 3. The van der Waals surface area contributed by atoms with E-state index in [1.54, 1.807) is 6.07 Å². The SMILES string of the molecule is CS(=O)(=O)N1CCCC(CC(=O)Cc2ccccc2Cl)C1. The summed E-state index contributed by atoms with van der Waals surface area (Å²) < 4.78 is 24.6. The fraction of sp³-hybridized carbons (Fsp3) is 0.533. The molecular weight excluding hydrogens is 310 g/mol. The number of hydrogen-bond donors (Lipinski definition) is 0. The van der Waals surface area contributed by atoms with Gasteiger partial charge in [-0.3, -0.25) is 4.79 Å². The van der Waals surface area contributed by atoms with Crippen LogP contribution in [0.5, 0.6) is 0 Å². The summed E-state index contributed by atoms with van der Waals surface area (Å²) in [6.45, 7) is 1.02. The molecule has 0 saturated carbocycles. The Morgan fingerprint density at radius 3 is 2.76 bits per heavy atom. The first-order chi connectivity index (χ1) is 9.86. The van der Waals surface area contributed by atoms with Gasteiger partial charge in [-0.25, -0.2) is 12.7 Å². The second-order valence-electron chi connectivity index (χ2n) is 5.64. The summed E-state index contributed by atoms with van der Waals surface area (Å²) in [5.41, 5.74) is 0.833. The first kappa shape index (κ1) is 16.5. The summed E-state index contributed by atoms with van der Waals surface area (Å²) in [5, 5.41) is 0.604. The first-order valence-electron chi connectivity index (χ1n) is 7.06. The van der Waals surface area contributed by atoms with Crippen LogP contribution in [0.4, 0.5) is 0 Å². The maximum absolute atomic E-state index is 12.2. The molecule has 0 N–H and O–H groups in total. The minimum Gasteiger partial charge on any atom is -0.299 e. The van der Waals surface area contributed by atoms with Crippen LogP contribution in [0.25, 0.3) is 0 Å². The third-order valence-corrected chi connectivity index (χ3v) is 5.45. The van der Waals surface area contributed by atoms with Gasteiger partial charge in [-0.1, -0.05) is 29.8 Å². The number of carbonyl (C=O) groups is 1. The van der Waals surface area contributed by atoms with Crippen molar-refractivity contribution in [3.63, 3.8) is 0 Å². The average molecular weight is 330 g/mol. The van der Waals surface area contributed by atoms with Crippen molar-refractivity contribution in [1.29, 1.82) is 0 Å². The van der Waals surface area contributed by atoms with Gasteiger partial charge in [0.05, 0.1) is 6.26 Å². The molecular formula is C15H20ClNO3S. The van der Waals surface area contributed by atoms with Gasteiger partial charge in [-0.2, -0.15) is 0 Å². The molecule has 0 spiro atoms. The summed E-state index contributed by atoms with van der Waals surface area (Å²) in [7, 11) is -3.16. The molecule has 1 heterocycles. The Balaban J connectivity index is 1.92. The van der Waals surface area contributed by atoms with Crippen molar-refractivity contribution < 1.29 is 13.2 Å². The molecule has 6 heteroatoms. The molecule has 0 aromatic heterocycles. The summed E-state index contributed by atoms with van der Waals surface area (Å²) in [6.07, 6.45) is 3.67. The molecule has 2 rings (SSSR count). The van der Waals surface area contributed by atoms with Crippen molar-refractivity contribution in [3.8, 4) is 0 Å². The highest BCUT2D eigenvalue weighted by Gasteiger charge is 2.27. The molecule has 1 atom stereocenters. The number of sulfonamides is 1. The van der Waals surface area contributed by atoms with E-state index in [0.29, 0.717) is 31.0 Å². The van der Waals surface area contributed by atoms with Crippen LogP contribution in [0.3, 0.4) is 0 Å². The van der Waals surface area contributed by atoms with Gasteiger partial charge in [0, 0.05) is 31.0 Å². The van der Waals surface area contributed by atoms with Crippen LogP contribution in [-0.2, 0) is 21.2 Å². The fourth-order valence-corrected chi connectivity index (χ4v) is 3.89. The summed E-state index contributed by atoms with van der Waals surface area (Å²) in [6, 6.07) is 7.32. The van der Waals surface area contributed by atoms with Crippen LogP contribution in [0.15, 0.2) is 24.3 Å². The highest BCUT2D eigenvalue weighted by Crippen LogP contribution is 2.23. The van der Waals surface area contributed by atoms with Crippen LogP contribution in [0, 0.1) is 5.92 Å². The first-order valence-corrected chi connectivity index (χ1v) is 9.29. The Bertz CT molecular complexity index is 615. The van der Waals surface area contributed by atoms with Crippen molar-refractivity contribution in [3.05, 3.63) is 34.9 Å². The van der Waals surface area contributed by atoms with Gasteiger partial charge in [0.15, 0.2) is 0 Å². The zero-order valence-electron chi connectivity index (χ0n) is 12.1. The minimum atomic E-state index is -3.16. The van der Waals surface area contributed by atoms with Gasteiger partial charge < -0.3 is 0 Å². The minimum absolute atomic E-state index is 0.114. The van der Waals surface area contributed by atoms with E-state index in [1.807, 2.05) is 18.2 Å². The predicted molar refractivity (Wildman–Crippen MR) is 83.9 cm³/mol. The number of ketones is 1. The van der Waals surface area contributed by atoms with E-state index in [9.17, 15) is 13.2 Å². The predicted octanol–water partition coefficient (Wildman–Crippen LogP) is 2.51. The smallest absolute Gasteiger partial charge is 0.211 e. The van der Waals surface area contributed by atoms with Gasteiger partial charge in [0.2, 0.25) is 10.0 Å². The lowest BCUT2D eigenvalue weighted by Crippen LogP contribution is -2.39. The molecule has 0 radical (unpaired) electrons. The zero-order valence-corrected chi connectivity index (χ0v) is 13.7. The van der Waals surface area contributed by atoms with Crippen molar-refractivity contribution in [2.45, 2.75) is 25.7 Å². The number of benzene rings is 1. The second-order valence-corrected chi connectivity index (χ2v) is 8.03. The van der Waals surface area contributed by atoms with Gasteiger partial charge in [0.1, 0.15) is 5.78 Å². The van der Waals surface area contributed by atoms with E-state index in [4.69, 9.17) is 11.6 Å². The molecule has 116 valence electrons. The Morgan fingerprint density at radius 1 is 1.38 bits per heavy atom. The Labute approximate surface area is 131 Å². The Hall–Kier alpha value is -0.910. The number of halogens is 1. The average Bonchev–Trinajstić information content (AvgIpc) is 2.41. The largest absolute Gasteiger partial charge is 0.299 e. The molecule has 0 amide bonds. The van der Waals surface area contributed by atoms with Crippen molar-refractivity contribution in [1.82, 2.24) is 4.31 Å². The molecule has 0 aliphatic carbocycles.